The second kappa shape index (κ2) is 6.10. The lowest BCUT2D eigenvalue weighted by Gasteiger charge is -2.10. The molecule has 1 saturated carbocycles. The van der Waals surface area contributed by atoms with Crippen molar-refractivity contribution in [3.63, 3.8) is 0 Å². The van der Waals surface area contributed by atoms with E-state index in [0.717, 1.165) is 17.0 Å². The summed E-state index contributed by atoms with van der Waals surface area (Å²) >= 11 is 0. The molecule has 0 amide bonds. The molecular formula is C16H19N3O2. The number of H-pyrrole nitrogens is 1. The van der Waals surface area contributed by atoms with Gasteiger partial charge < -0.3 is 15.0 Å². The molecule has 0 bridgehead atoms. The van der Waals surface area contributed by atoms with Crippen LogP contribution in [0.1, 0.15) is 25.5 Å². The van der Waals surface area contributed by atoms with Gasteiger partial charge in [0.2, 0.25) is 0 Å². The van der Waals surface area contributed by atoms with Crippen LogP contribution in [0.5, 0.6) is 5.75 Å². The molecule has 0 aliphatic heterocycles. The molecule has 3 rings (SSSR count). The zero-order chi connectivity index (χ0) is 14.7. The topological polar surface area (TPSA) is 67.0 Å². The van der Waals surface area contributed by atoms with E-state index in [1.165, 1.54) is 12.8 Å². The Hall–Kier alpha value is -2.14. The lowest BCUT2D eigenvalue weighted by atomic mass is 10.2. The van der Waals surface area contributed by atoms with Crippen LogP contribution in [0.25, 0.3) is 11.4 Å². The lowest BCUT2D eigenvalue weighted by Crippen LogP contribution is -2.19. The Balaban J connectivity index is 1.91. The second-order valence-electron chi connectivity index (χ2n) is 5.17. The van der Waals surface area contributed by atoms with E-state index in [4.69, 9.17) is 4.74 Å². The van der Waals surface area contributed by atoms with E-state index < -0.39 is 0 Å². The standard InChI is InChI=1S/C16H19N3O2/c1-2-21-14-6-4-3-5-13(14)16-18-12(9-15(20)19-16)10-17-11-7-8-11/h3-6,9,11,17H,2,7-8,10H2,1H3,(H,18,19,20). The van der Waals surface area contributed by atoms with E-state index in [9.17, 15) is 4.79 Å². The van der Waals surface area contributed by atoms with Crippen molar-refractivity contribution in [1.82, 2.24) is 15.3 Å². The van der Waals surface area contributed by atoms with Crippen LogP contribution in [0.4, 0.5) is 0 Å². The zero-order valence-electron chi connectivity index (χ0n) is 12.1. The van der Waals surface area contributed by atoms with Crippen LogP contribution in [0.15, 0.2) is 35.1 Å². The first kappa shape index (κ1) is 13.8. The van der Waals surface area contributed by atoms with E-state index in [1.807, 2.05) is 31.2 Å². The molecule has 2 N–H and O–H groups in total. The van der Waals surface area contributed by atoms with Gasteiger partial charge in [0.05, 0.1) is 17.9 Å². The Labute approximate surface area is 123 Å². The summed E-state index contributed by atoms with van der Waals surface area (Å²) in [6.45, 7) is 3.13. The summed E-state index contributed by atoms with van der Waals surface area (Å²) in [4.78, 5) is 19.2. The normalized spacial score (nSPS) is 14.1. The number of para-hydroxylation sites is 1. The highest BCUT2D eigenvalue weighted by Gasteiger charge is 2.20. The quantitative estimate of drug-likeness (QED) is 0.853. The highest BCUT2D eigenvalue weighted by Crippen LogP contribution is 2.26. The minimum atomic E-state index is -0.140. The Morgan fingerprint density at radius 3 is 2.95 bits per heavy atom. The van der Waals surface area contributed by atoms with Gasteiger partial charge in [-0.05, 0) is 31.9 Å². The number of hydrogen-bond donors (Lipinski definition) is 2. The van der Waals surface area contributed by atoms with Crippen LogP contribution < -0.4 is 15.6 Å². The lowest BCUT2D eigenvalue weighted by molar-refractivity contribution is 0.341. The molecule has 1 aliphatic carbocycles. The maximum Gasteiger partial charge on any atom is 0.251 e. The third-order valence-corrected chi connectivity index (χ3v) is 3.39. The monoisotopic (exact) mass is 285 g/mol. The number of nitrogens with one attached hydrogen (secondary N) is 2. The maximum atomic E-state index is 11.8. The Morgan fingerprint density at radius 2 is 2.19 bits per heavy atom. The van der Waals surface area contributed by atoms with Gasteiger partial charge in [0, 0.05) is 18.7 Å². The largest absolute Gasteiger partial charge is 0.493 e. The van der Waals surface area contributed by atoms with Crippen LogP contribution >= 0.6 is 0 Å². The van der Waals surface area contributed by atoms with Gasteiger partial charge in [-0.1, -0.05) is 12.1 Å². The first-order chi connectivity index (χ1) is 10.3. The van der Waals surface area contributed by atoms with Crippen molar-refractivity contribution >= 4 is 0 Å². The van der Waals surface area contributed by atoms with Crippen LogP contribution in [0.3, 0.4) is 0 Å². The molecule has 21 heavy (non-hydrogen) atoms. The molecule has 0 atom stereocenters. The van der Waals surface area contributed by atoms with Gasteiger partial charge in [0.15, 0.2) is 0 Å². The fourth-order valence-corrected chi connectivity index (χ4v) is 2.21. The summed E-state index contributed by atoms with van der Waals surface area (Å²) in [7, 11) is 0. The number of ether oxygens (including phenoxy) is 1. The first-order valence-corrected chi connectivity index (χ1v) is 7.32. The second-order valence-corrected chi connectivity index (χ2v) is 5.17. The SMILES string of the molecule is CCOc1ccccc1-c1nc(CNC2CC2)cc(=O)[nH]1. The van der Waals surface area contributed by atoms with Crippen LogP contribution in [-0.2, 0) is 6.54 Å². The third-order valence-electron chi connectivity index (χ3n) is 3.39. The summed E-state index contributed by atoms with van der Waals surface area (Å²) in [6, 6.07) is 9.74. The number of hydrogen-bond acceptors (Lipinski definition) is 4. The Bertz CT molecular complexity index is 677. The molecular weight excluding hydrogens is 266 g/mol. The van der Waals surface area contributed by atoms with E-state index >= 15 is 0 Å². The minimum absolute atomic E-state index is 0.140. The van der Waals surface area contributed by atoms with Crippen molar-refractivity contribution in [2.24, 2.45) is 0 Å². The molecule has 5 nitrogen and oxygen atoms in total. The molecule has 1 aliphatic rings. The minimum Gasteiger partial charge on any atom is -0.493 e. The summed E-state index contributed by atoms with van der Waals surface area (Å²) < 4.78 is 5.60. The van der Waals surface area contributed by atoms with Crippen LogP contribution in [0, 0.1) is 0 Å². The van der Waals surface area contributed by atoms with Gasteiger partial charge >= 0.3 is 0 Å². The Kier molecular flexibility index (Phi) is 4.01. The molecule has 0 spiro atoms. The van der Waals surface area contributed by atoms with Crippen molar-refractivity contribution in [1.29, 1.82) is 0 Å². The summed E-state index contributed by atoms with van der Waals surface area (Å²) in [5, 5.41) is 3.37. The molecule has 1 heterocycles. The van der Waals surface area contributed by atoms with E-state index in [1.54, 1.807) is 6.07 Å². The van der Waals surface area contributed by atoms with E-state index in [2.05, 4.69) is 15.3 Å². The van der Waals surface area contributed by atoms with Gasteiger partial charge in [0.1, 0.15) is 11.6 Å². The summed E-state index contributed by atoms with van der Waals surface area (Å²) in [5.41, 5.74) is 1.43. The predicted molar refractivity (Wildman–Crippen MR) is 81.3 cm³/mol. The number of nitrogens with zero attached hydrogens (tertiary/aromatic N) is 1. The average molecular weight is 285 g/mol. The summed E-state index contributed by atoms with van der Waals surface area (Å²) in [6.07, 6.45) is 2.42. The smallest absolute Gasteiger partial charge is 0.251 e. The van der Waals surface area contributed by atoms with Crippen molar-refractivity contribution in [2.45, 2.75) is 32.4 Å². The third kappa shape index (κ3) is 3.49. The van der Waals surface area contributed by atoms with Crippen LogP contribution in [-0.4, -0.2) is 22.6 Å². The molecule has 0 radical (unpaired) electrons. The highest BCUT2D eigenvalue weighted by molar-refractivity contribution is 5.63. The number of aromatic nitrogens is 2. The van der Waals surface area contributed by atoms with Gasteiger partial charge in [-0.2, -0.15) is 0 Å². The van der Waals surface area contributed by atoms with Gasteiger partial charge in [-0.25, -0.2) is 4.98 Å². The fraction of sp³-hybridized carbons (Fsp3) is 0.375. The molecule has 1 aromatic carbocycles. The highest BCUT2D eigenvalue weighted by atomic mass is 16.5. The fourth-order valence-electron chi connectivity index (χ4n) is 2.21. The molecule has 2 aromatic rings. The zero-order valence-corrected chi connectivity index (χ0v) is 12.1. The number of rotatable bonds is 6. The van der Waals surface area contributed by atoms with E-state index in [0.29, 0.717) is 25.0 Å². The Morgan fingerprint density at radius 1 is 1.38 bits per heavy atom. The van der Waals surface area contributed by atoms with Crippen molar-refractivity contribution in [3.8, 4) is 17.1 Å². The number of benzene rings is 1. The predicted octanol–water partition coefficient (Wildman–Crippen LogP) is 2.09. The molecule has 5 heteroatoms. The van der Waals surface area contributed by atoms with Gasteiger partial charge in [-0.3, -0.25) is 4.79 Å². The van der Waals surface area contributed by atoms with Gasteiger partial charge in [0.25, 0.3) is 5.56 Å². The molecule has 1 aromatic heterocycles. The van der Waals surface area contributed by atoms with Crippen molar-refractivity contribution < 1.29 is 4.74 Å². The van der Waals surface area contributed by atoms with Crippen molar-refractivity contribution in [3.05, 3.63) is 46.4 Å². The molecule has 0 unspecified atom stereocenters. The molecule has 110 valence electrons. The maximum absolute atomic E-state index is 11.8. The van der Waals surface area contributed by atoms with E-state index in [-0.39, 0.29) is 5.56 Å². The number of aromatic amines is 1. The first-order valence-electron chi connectivity index (χ1n) is 7.32. The molecule has 0 saturated heterocycles. The average Bonchev–Trinajstić information content (AvgIpc) is 3.30. The molecule has 1 fully saturated rings. The van der Waals surface area contributed by atoms with Crippen molar-refractivity contribution in [2.75, 3.05) is 6.61 Å². The van der Waals surface area contributed by atoms with Crippen LogP contribution in [0.2, 0.25) is 0 Å². The van der Waals surface area contributed by atoms with Gasteiger partial charge in [-0.15, -0.1) is 0 Å². The summed E-state index contributed by atoms with van der Waals surface area (Å²) in [5.74, 6) is 1.29.